The number of carboxylic acids is 1. The van der Waals surface area contributed by atoms with E-state index in [0.717, 1.165) is 4.57 Å². The second kappa shape index (κ2) is 5.20. The highest BCUT2D eigenvalue weighted by Crippen LogP contribution is 2.14. The van der Waals surface area contributed by atoms with E-state index in [4.69, 9.17) is 5.11 Å². The Hall–Kier alpha value is -3.36. The van der Waals surface area contributed by atoms with Crippen molar-refractivity contribution in [2.75, 3.05) is 0 Å². The van der Waals surface area contributed by atoms with Crippen LogP contribution >= 0.6 is 0 Å². The molecule has 3 aromatic heterocycles. The maximum absolute atomic E-state index is 11.9. The molecule has 9 heteroatoms. The average molecular weight is 298 g/mol. The van der Waals surface area contributed by atoms with E-state index in [9.17, 15) is 9.59 Å². The van der Waals surface area contributed by atoms with Crippen molar-refractivity contribution in [2.45, 2.75) is 0 Å². The number of hydrogen-bond acceptors (Lipinski definition) is 6. The third kappa shape index (κ3) is 2.35. The molecule has 0 aliphatic heterocycles. The maximum Gasteiger partial charge on any atom is 0.337 e. The maximum atomic E-state index is 11.9. The number of pyridine rings is 1. The Morgan fingerprint density at radius 2 is 2.05 bits per heavy atom. The van der Waals surface area contributed by atoms with Crippen molar-refractivity contribution in [3.05, 3.63) is 52.8 Å². The van der Waals surface area contributed by atoms with Crippen LogP contribution in [0.2, 0.25) is 0 Å². The summed E-state index contributed by atoms with van der Waals surface area (Å²) in [5, 5.41) is 16.6. The zero-order chi connectivity index (χ0) is 15.7. The van der Waals surface area contributed by atoms with Gasteiger partial charge in [0.15, 0.2) is 5.82 Å². The van der Waals surface area contributed by atoms with Gasteiger partial charge in [-0.05, 0) is 6.07 Å². The van der Waals surface area contributed by atoms with Crippen molar-refractivity contribution in [1.82, 2.24) is 29.5 Å². The molecule has 110 valence electrons. The van der Waals surface area contributed by atoms with Crippen molar-refractivity contribution in [3.63, 3.8) is 0 Å². The van der Waals surface area contributed by atoms with Crippen molar-refractivity contribution >= 4 is 5.97 Å². The second-order valence-electron chi connectivity index (χ2n) is 4.44. The Morgan fingerprint density at radius 1 is 1.23 bits per heavy atom. The number of nitrogens with zero attached hydrogens (tertiary/aromatic N) is 6. The predicted molar refractivity (Wildman–Crippen MR) is 74.6 cm³/mol. The van der Waals surface area contributed by atoms with Gasteiger partial charge in [-0.1, -0.05) is 5.21 Å². The van der Waals surface area contributed by atoms with Crippen molar-refractivity contribution < 1.29 is 9.90 Å². The number of aromatic carboxylic acids is 1. The molecule has 0 spiro atoms. The van der Waals surface area contributed by atoms with Gasteiger partial charge in [0.2, 0.25) is 0 Å². The summed E-state index contributed by atoms with van der Waals surface area (Å²) >= 11 is 0. The molecule has 0 amide bonds. The molecule has 9 nitrogen and oxygen atoms in total. The minimum Gasteiger partial charge on any atom is -0.478 e. The number of hydrogen-bond donors (Lipinski definition) is 1. The molecule has 0 atom stereocenters. The molecule has 0 aliphatic rings. The van der Waals surface area contributed by atoms with E-state index >= 15 is 0 Å². The lowest BCUT2D eigenvalue weighted by Gasteiger charge is -2.07. The summed E-state index contributed by atoms with van der Waals surface area (Å²) < 4.78 is 2.65. The first-order valence-corrected chi connectivity index (χ1v) is 6.20. The van der Waals surface area contributed by atoms with Crippen molar-refractivity contribution in [2.24, 2.45) is 7.05 Å². The van der Waals surface area contributed by atoms with Gasteiger partial charge in [-0.2, -0.15) is 0 Å². The summed E-state index contributed by atoms with van der Waals surface area (Å²) in [6.45, 7) is 0. The molecule has 0 unspecified atom stereocenters. The molecule has 0 saturated heterocycles. The van der Waals surface area contributed by atoms with Crippen molar-refractivity contribution in [1.29, 1.82) is 0 Å². The van der Waals surface area contributed by atoms with Crippen LogP contribution < -0.4 is 5.56 Å². The molecule has 0 aliphatic carbocycles. The average Bonchev–Trinajstić information content (AvgIpc) is 2.94. The molecule has 0 radical (unpaired) electrons. The summed E-state index contributed by atoms with van der Waals surface area (Å²) in [4.78, 5) is 31.3. The first-order chi connectivity index (χ1) is 10.6. The van der Waals surface area contributed by atoms with Crippen LogP contribution in [-0.4, -0.2) is 40.6 Å². The molecule has 0 aromatic carbocycles. The van der Waals surface area contributed by atoms with Crippen LogP contribution in [0.3, 0.4) is 0 Å². The molecule has 22 heavy (non-hydrogen) atoms. The van der Waals surface area contributed by atoms with Gasteiger partial charge >= 0.3 is 5.97 Å². The first kappa shape index (κ1) is 13.6. The summed E-state index contributed by atoms with van der Waals surface area (Å²) in [6.07, 6.45) is 5.61. The van der Waals surface area contributed by atoms with E-state index in [1.165, 1.54) is 41.6 Å². The van der Waals surface area contributed by atoms with Gasteiger partial charge in [0, 0.05) is 19.3 Å². The van der Waals surface area contributed by atoms with Gasteiger partial charge in [0.25, 0.3) is 5.56 Å². The van der Waals surface area contributed by atoms with Crippen molar-refractivity contribution in [3.8, 4) is 17.2 Å². The van der Waals surface area contributed by atoms with E-state index in [1.54, 1.807) is 7.05 Å². The zero-order valence-electron chi connectivity index (χ0n) is 11.4. The lowest BCUT2D eigenvalue weighted by Crippen LogP contribution is -2.19. The monoisotopic (exact) mass is 298 g/mol. The summed E-state index contributed by atoms with van der Waals surface area (Å²) in [7, 11) is 1.70. The number of aryl methyl sites for hydroxylation is 1. The van der Waals surface area contributed by atoms with Gasteiger partial charge in [-0.3, -0.25) is 14.3 Å². The topological polar surface area (TPSA) is 116 Å². The number of aromatic nitrogens is 6. The van der Waals surface area contributed by atoms with E-state index in [-0.39, 0.29) is 11.4 Å². The van der Waals surface area contributed by atoms with Crippen LogP contribution in [0, 0.1) is 0 Å². The Labute approximate surface area is 123 Å². The highest BCUT2D eigenvalue weighted by Gasteiger charge is 2.11. The summed E-state index contributed by atoms with van der Waals surface area (Å²) in [5.41, 5.74) is 0.669. The fourth-order valence-corrected chi connectivity index (χ4v) is 1.91. The quantitative estimate of drug-likeness (QED) is 0.730. The highest BCUT2D eigenvalue weighted by molar-refractivity contribution is 5.87. The molecular weight excluding hydrogens is 288 g/mol. The van der Waals surface area contributed by atoms with Gasteiger partial charge in [0.05, 0.1) is 24.2 Å². The molecule has 3 rings (SSSR count). The Morgan fingerprint density at radius 3 is 2.73 bits per heavy atom. The molecule has 3 aromatic rings. The SMILES string of the molecule is Cn1nncc1-c1cncc(-n2cc(C(=O)O)ccc2=O)n1. The first-order valence-electron chi connectivity index (χ1n) is 6.20. The van der Waals surface area contributed by atoms with E-state index in [2.05, 4.69) is 20.3 Å². The fraction of sp³-hybridized carbons (Fsp3) is 0.0769. The van der Waals surface area contributed by atoms with E-state index in [1.807, 2.05) is 0 Å². The van der Waals surface area contributed by atoms with Crippen LogP contribution in [0.25, 0.3) is 17.2 Å². The molecule has 0 bridgehead atoms. The minimum absolute atomic E-state index is 0.0194. The Bertz CT molecular complexity index is 914. The third-order valence-electron chi connectivity index (χ3n) is 3.00. The highest BCUT2D eigenvalue weighted by atomic mass is 16.4. The van der Waals surface area contributed by atoms with Gasteiger partial charge < -0.3 is 5.11 Å². The third-order valence-corrected chi connectivity index (χ3v) is 3.00. The molecular formula is C13H10N6O3. The van der Waals surface area contributed by atoms with Gasteiger partial charge in [-0.15, -0.1) is 5.10 Å². The second-order valence-corrected chi connectivity index (χ2v) is 4.44. The van der Waals surface area contributed by atoms with Crippen LogP contribution in [0.4, 0.5) is 0 Å². The number of carbonyl (C=O) groups is 1. The minimum atomic E-state index is -1.13. The number of rotatable bonds is 3. The largest absolute Gasteiger partial charge is 0.478 e. The fourth-order valence-electron chi connectivity index (χ4n) is 1.91. The van der Waals surface area contributed by atoms with Crippen LogP contribution in [-0.2, 0) is 7.05 Å². The van der Waals surface area contributed by atoms with Gasteiger partial charge in [-0.25, -0.2) is 14.5 Å². The van der Waals surface area contributed by atoms with Crippen LogP contribution in [0.1, 0.15) is 10.4 Å². The van der Waals surface area contributed by atoms with Gasteiger partial charge in [0.1, 0.15) is 11.4 Å². The number of carboxylic acid groups (broad SMARTS) is 1. The Kier molecular flexibility index (Phi) is 3.22. The predicted octanol–water partition coefficient (Wildman–Crippen LogP) is 0.121. The van der Waals surface area contributed by atoms with Crippen LogP contribution in [0.5, 0.6) is 0 Å². The van der Waals surface area contributed by atoms with E-state index in [0.29, 0.717) is 11.4 Å². The van der Waals surface area contributed by atoms with Crippen LogP contribution in [0.15, 0.2) is 41.7 Å². The zero-order valence-corrected chi connectivity index (χ0v) is 11.4. The lowest BCUT2D eigenvalue weighted by molar-refractivity contribution is 0.0696. The normalized spacial score (nSPS) is 10.6. The molecule has 0 saturated carbocycles. The summed E-state index contributed by atoms with van der Waals surface area (Å²) in [6, 6.07) is 2.41. The lowest BCUT2D eigenvalue weighted by atomic mass is 10.3. The standard InChI is InChI=1S/C13H10N6O3/c1-18-10(5-15-17-18)9-4-14-6-11(16-9)19-7-8(13(21)22)2-3-12(19)20/h2-7H,1H3,(H,21,22). The molecule has 1 N–H and O–H groups in total. The smallest absolute Gasteiger partial charge is 0.337 e. The summed E-state index contributed by atoms with van der Waals surface area (Å²) in [5.74, 6) is -0.916. The van der Waals surface area contributed by atoms with E-state index < -0.39 is 11.5 Å². The molecule has 3 heterocycles. The Balaban J connectivity index is 2.14. The molecule has 0 fully saturated rings.